The van der Waals surface area contributed by atoms with Crippen LogP contribution in [0, 0.1) is 6.92 Å². The van der Waals surface area contributed by atoms with Crippen molar-refractivity contribution in [1.82, 2.24) is 9.88 Å². The summed E-state index contributed by atoms with van der Waals surface area (Å²) in [5.41, 5.74) is 3.00. The highest BCUT2D eigenvalue weighted by Gasteiger charge is 2.23. The predicted molar refractivity (Wildman–Crippen MR) is 112 cm³/mol. The number of anilines is 1. The number of carbonyl (C=O) groups excluding carboxylic acids is 1. The summed E-state index contributed by atoms with van der Waals surface area (Å²) < 4.78 is 5.91. The topological polar surface area (TPSA) is 45.7 Å². The van der Waals surface area contributed by atoms with Crippen LogP contribution in [0.1, 0.15) is 21.5 Å². The highest BCUT2D eigenvalue weighted by Crippen LogP contribution is 2.21. The Bertz CT molecular complexity index is 934. The summed E-state index contributed by atoms with van der Waals surface area (Å²) in [6.07, 6.45) is 1.82. The van der Waals surface area contributed by atoms with E-state index < -0.39 is 0 Å². The van der Waals surface area contributed by atoms with E-state index in [9.17, 15) is 4.79 Å². The van der Waals surface area contributed by atoms with Crippen LogP contribution in [0.4, 0.5) is 5.13 Å². The smallest absolute Gasteiger partial charge is 0.254 e. The Labute approximate surface area is 169 Å². The van der Waals surface area contributed by atoms with Gasteiger partial charge < -0.3 is 14.5 Å². The fraction of sp³-hybridized carbons (Fsp3) is 0.273. The van der Waals surface area contributed by atoms with Crippen molar-refractivity contribution in [3.63, 3.8) is 0 Å². The number of hydrogen-bond acceptors (Lipinski definition) is 5. The van der Waals surface area contributed by atoms with Gasteiger partial charge in [-0.1, -0.05) is 35.9 Å². The summed E-state index contributed by atoms with van der Waals surface area (Å²) in [4.78, 5) is 21.4. The average Bonchev–Trinajstić information content (AvgIpc) is 3.27. The molecule has 0 spiro atoms. The first-order chi connectivity index (χ1) is 13.7. The van der Waals surface area contributed by atoms with Crippen LogP contribution in [-0.4, -0.2) is 42.0 Å². The fourth-order valence-corrected chi connectivity index (χ4v) is 4.04. The Kier molecular flexibility index (Phi) is 5.58. The molecule has 28 heavy (non-hydrogen) atoms. The minimum atomic E-state index is 0.0554. The molecular formula is C22H23N3O2S. The molecule has 0 unspecified atom stereocenters. The number of carbonyl (C=O) groups is 1. The van der Waals surface area contributed by atoms with Gasteiger partial charge in [0.25, 0.3) is 5.91 Å². The van der Waals surface area contributed by atoms with Gasteiger partial charge in [-0.3, -0.25) is 4.79 Å². The van der Waals surface area contributed by atoms with Crippen LogP contribution in [0.3, 0.4) is 0 Å². The van der Waals surface area contributed by atoms with Gasteiger partial charge in [0.15, 0.2) is 5.13 Å². The Hall–Kier alpha value is -2.86. The first kappa shape index (κ1) is 18.5. The highest BCUT2D eigenvalue weighted by atomic mass is 32.1. The molecule has 1 amide bonds. The van der Waals surface area contributed by atoms with Gasteiger partial charge in [0.1, 0.15) is 12.4 Å². The Balaban J connectivity index is 1.36. The number of amides is 1. The Morgan fingerprint density at radius 1 is 1.11 bits per heavy atom. The summed E-state index contributed by atoms with van der Waals surface area (Å²) in [6, 6.07) is 15.7. The van der Waals surface area contributed by atoms with Gasteiger partial charge in [-0.25, -0.2) is 4.98 Å². The molecule has 0 bridgehead atoms. The van der Waals surface area contributed by atoms with Gasteiger partial charge >= 0.3 is 0 Å². The summed E-state index contributed by atoms with van der Waals surface area (Å²) >= 11 is 1.64. The summed E-state index contributed by atoms with van der Waals surface area (Å²) in [7, 11) is 0. The number of hydrogen-bond donors (Lipinski definition) is 0. The Morgan fingerprint density at radius 3 is 2.68 bits per heavy atom. The summed E-state index contributed by atoms with van der Waals surface area (Å²) in [6.45, 7) is 5.58. The molecule has 1 aliphatic rings. The molecule has 0 N–H and O–H groups in total. The van der Waals surface area contributed by atoms with Crippen LogP contribution in [0.15, 0.2) is 60.1 Å². The number of nitrogens with zero attached hydrogens (tertiary/aromatic N) is 3. The number of aryl methyl sites for hydroxylation is 1. The van der Waals surface area contributed by atoms with E-state index in [0.717, 1.165) is 23.8 Å². The van der Waals surface area contributed by atoms with Crippen LogP contribution >= 0.6 is 11.3 Å². The largest absolute Gasteiger partial charge is 0.489 e. The van der Waals surface area contributed by atoms with Crippen molar-refractivity contribution in [2.45, 2.75) is 13.5 Å². The summed E-state index contributed by atoms with van der Waals surface area (Å²) in [5, 5.41) is 3.01. The van der Waals surface area contributed by atoms with Crippen molar-refractivity contribution < 1.29 is 9.53 Å². The van der Waals surface area contributed by atoms with Crippen molar-refractivity contribution in [2.24, 2.45) is 0 Å². The van der Waals surface area contributed by atoms with Crippen LogP contribution in [-0.2, 0) is 6.61 Å². The van der Waals surface area contributed by atoms with E-state index >= 15 is 0 Å². The van der Waals surface area contributed by atoms with E-state index in [1.807, 2.05) is 52.9 Å². The first-order valence-corrected chi connectivity index (χ1v) is 10.3. The van der Waals surface area contributed by atoms with Crippen molar-refractivity contribution in [1.29, 1.82) is 0 Å². The second-order valence-electron chi connectivity index (χ2n) is 6.90. The van der Waals surface area contributed by atoms with Gasteiger partial charge in [-0.2, -0.15) is 0 Å². The monoisotopic (exact) mass is 393 g/mol. The van der Waals surface area contributed by atoms with Crippen molar-refractivity contribution in [2.75, 3.05) is 31.1 Å². The number of ether oxygens (including phenoxy) is 1. The standard InChI is InChI=1S/C22H23N3O2S/c1-17-4-2-5-18(14-17)16-27-20-7-3-6-19(15-20)21(26)24-9-11-25(12-10-24)22-23-8-13-28-22/h2-8,13-15H,9-12,16H2,1H3. The number of piperazine rings is 1. The van der Waals surface area contributed by atoms with Crippen LogP contribution < -0.4 is 9.64 Å². The molecule has 4 rings (SSSR count). The molecule has 3 aromatic rings. The van der Waals surface area contributed by atoms with Gasteiger partial charge in [0.05, 0.1) is 0 Å². The second-order valence-corrected chi connectivity index (χ2v) is 7.77. The highest BCUT2D eigenvalue weighted by molar-refractivity contribution is 7.13. The molecule has 0 aliphatic carbocycles. The van der Waals surface area contributed by atoms with Crippen LogP contribution in [0.25, 0.3) is 0 Å². The molecular weight excluding hydrogens is 370 g/mol. The quantitative estimate of drug-likeness (QED) is 0.657. The lowest BCUT2D eigenvalue weighted by atomic mass is 10.1. The zero-order chi connectivity index (χ0) is 19.3. The van der Waals surface area contributed by atoms with E-state index in [1.165, 1.54) is 5.56 Å². The molecule has 0 saturated carbocycles. The van der Waals surface area contributed by atoms with Crippen molar-refractivity contribution in [3.05, 3.63) is 76.8 Å². The van der Waals surface area contributed by atoms with E-state index in [4.69, 9.17) is 4.74 Å². The van der Waals surface area contributed by atoms with Crippen molar-refractivity contribution in [3.8, 4) is 5.75 Å². The fourth-order valence-electron chi connectivity index (χ4n) is 3.34. The van der Waals surface area contributed by atoms with Crippen LogP contribution in [0.2, 0.25) is 0 Å². The van der Waals surface area contributed by atoms with Gasteiger partial charge in [0.2, 0.25) is 0 Å². The zero-order valence-electron chi connectivity index (χ0n) is 15.9. The SMILES string of the molecule is Cc1cccc(COc2cccc(C(=O)N3CCN(c4nccs4)CC3)c2)c1. The average molecular weight is 394 g/mol. The lowest BCUT2D eigenvalue weighted by molar-refractivity contribution is 0.0746. The van der Waals surface area contributed by atoms with Gasteiger partial charge in [-0.15, -0.1) is 11.3 Å². The van der Waals surface area contributed by atoms with E-state index in [0.29, 0.717) is 31.0 Å². The van der Waals surface area contributed by atoms with Crippen molar-refractivity contribution >= 4 is 22.4 Å². The maximum absolute atomic E-state index is 12.9. The maximum atomic E-state index is 12.9. The third kappa shape index (κ3) is 4.34. The van der Waals surface area contributed by atoms with E-state index in [-0.39, 0.29) is 5.91 Å². The number of rotatable bonds is 5. The number of aromatic nitrogens is 1. The predicted octanol–water partition coefficient (Wildman–Crippen LogP) is 3.99. The lowest BCUT2D eigenvalue weighted by Crippen LogP contribution is -2.48. The molecule has 1 aliphatic heterocycles. The summed E-state index contributed by atoms with van der Waals surface area (Å²) in [5.74, 6) is 0.772. The molecule has 5 nitrogen and oxygen atoms in total. The van der Waals surface area contributed by atoms with Gasteiger partial charge in [0, 0.05) is 43.3 Å². The molecule has 2 aromatic carbocycles. The lowest BCUT2D eigenvalue weighted by Gasteiger charge is -2.34. The minimum absolute atomic E-state index is 0.0554. The molecule has 0 atom stereocenters. The second kappa shape index (κ2) is 8.44. The maximum Gasteiger partial charge on any atom is 0.254 e. The number of thiazole rings is 1. The molecule has 144 valence electrons. The molecule has 0 radical (unpaired) electrons. The molecule has 1 fully saturated rings. The Morgan fingerprint density at radius 2 is 1.93 bits per heavy atom. The zero-order valence-corrected chi connectivity index (χ0v) is 16.7. The van der Waals surface area contributed by atoms with Gasteiger partial charge in [-0.05, 0) is 30.7 Å². The van der Waals surface area contributed by atoms with E-state index in [1.54, 1.807) is 11.3 Å². The molecule has 1 aromatic heterocycles. The third-order valence-corrected chi connectivity index (χ3v) is 5.66. The normalized spacial score (nSPS) is 14.2. The third-order valence-electron chi connectivity index (χ3n) is 4.83. The molecule has 6 heteroatoms. The minimum Gasteiger partial charge on any atom is -0.489 e. The van der Waals surface area contributed by atoms with E-state index in [2.05, 4.69) is 28.9 Å². The number of benzene rings is 2. The molecule has 2 heterocycles. The molecule has 1 saturated heterocycles. The first-order valence-electron chi connectivity index (χ1n) is 9.41. The van der Waals surface area contributed by atoms with Crippen LogP contribution in [0.5, 0.6) is 5.75 Å².